The highest BCUT2D eigenvalue weighted by atomic mass is 16.5. The summed E-state index contributed by atoms with van der Waals surface area (Å²) >= 11 is 0. The van der Waals surface area contributed by atoms with E-state index in [1.54, 1.807) is 24.3 Å². The minimum atomic E-state index is -0.931. The van der Waals surface area contributed by atoms with Crippen molar-refractivity contribution in [3.05, 3.63) is 65.0 Å². The molecule has 1 aromatic heterocycles. The van der Waals surface area contributed by atoms with Crippen molar-refractivity contribution < 1.29 is 14.3 Å². The average molecular weight is 363 g/mol. The zero-order valence-corrected chi connectivity index (χ0v) is 15.7. The molecule has 0 aliphatic rings. The van der Waals surface area contributed by atoms with Crippen LogP contribution in [0.3, 0.4) is 0 Å². The predicted octanol–water partition coefficient (Wildman–Crippen LogP) is 3.74. The molecule has 3 aromatic rings. The van der Waals surface area contributed by atoms with Crippen molar-refractivity contribution in [2.75, 3.05) is 5.32 Å². The molecule has 0 aliphatic heterocycles. The molecular formula is C21H21N3O3. The normalized spacial score (nSPS) is 11.9. The number of nitrogens with zero attached hydrogens (tertiary/aromatic N) is 2. The molecule has 1 heterocycles. The first kappa shape index (κ1) is 18.5. The van der Waals surface area contributed by atoms with Crippen LogP contribution in [0.5, 0.6) is 0 Å². The third-order valence-corrected chi connectivity index (χ3v) is 4.25. The fourth-order valence-corrected chi connectivity index (χ4v) is 2.61. The molecule has 0 radical (unpaired) electrons. The number of carbonyl (C=O) groups is 2. The van der Waals surface area contributed by atoms with E-state index in [4.69, 9.17) is 4.74 Å². The van der Waals surface area contributed by atoms with Gasteiger partial charge in [-0.3, -0.25) is 4.79 Å². The molecule has 1 atom stereocenters. The van der Waals surface area contributed by atoms with E-state index in [0.29, 0.717) is 22.3 Å². The number of nitrogens with one attached hydrogen (secondary N) is 1. The smallest absolute Gasteiger partial charge is 0.338 e. The minimum Gasteiger partial charge on any atom is -0.449 e. The first-order valence-electron chi connectivity index (χ1n) is 8.67. The number of carbonyl (C=O) groups excluding carboxylic acids is 2. The maximum atomic E-state index is 12.4. The number of benzene rings is 2. The number of rotatable bonds is 4. The summed E-state index contributed by atoms with van der Waals surface area (Å²) in [7, 11) is 0. The molecule has 27 heavy (non-hydrogen) atoms. The van der Waals surface area contributed by atoms with Gasteiger partial charge in [0.05, 0.1) is 28.0 Å². The summed E-state index contributed by atoms with van der Waals surface area (Å²) in [5.74, 6) is -0.968. The van der Waals surface area contributed by atoms with Crippen LogP contribution >= 0.6 is 0 Å². The van der Waals surface area contributed by atoms with Gasteiger partial charge in [-0.05, 0) is 63.6 Å². The van der Waals surface area contributed by atoms with Crippen LogP contribution in [-0.2, 0) is 9.53 Å². The number of esters is 1. The van der Waals surface area contributed by atoms with Crippen molar-refractivity contribution in [2.45, 2.75) is 33.8 Å². The second-order valence-electron chi connectivity index (χ2n) is 6.50. The van der Waals surface area contributed by atoms with Gasteiger partial charge in [-0.2, -0.15) is 0 Å². The Morgan fingerprint density at radius 1 is 0.963 bits per heavy atom. The van der Waals surface area contributed by atoms with Crippen LogP contribution in [0.25, 0.3) is 11.0 Å². The van der Waals surface area contributed by atoms with Gasteiger partial charge in [0.15, 0.2) is 6.10 Å². The second-order valence-corrected chi connectivity index (χ2v) is 6.50. The molecule has 6 heteroatoms. The Kier molecular flexibility index (Phi) is 5.16. The zero-order chi connectivity index (χ0) is 19.6. The second kappa shape index (κ2) is 7.53. The Labute approximate surface area is 157 Å². The summed E-state index contributed by atoms with van der Waals surface area (Å²) in [6.45, 7) is 7.23. The quantitative estimate of drug-likeness (QED) is 0.714. The van der Waals surface area contributed by atoms with Gasteiger partial charge >= 0.3 is 5.97 Å². The van der Waals surface area contributed by atoms with Crippen LogP contribution in [0.1, 0.15) is 34.2 Å². The predicted molar refractivity (Wildman–Crippen MR) is 104 cm³/mol. The van der Waals surface area contributed by atoms with E-state index < -0.39 is 12.1 Å². The molecule has 3 rings (SSSR count). The highest BCUT2D eigenvalue weighted by Crippen LogP contribution is 2.16. The number of ether oxygens (including phenoxy) is 1. The van der Waals surface area contributed by atoms with Gasteiger partial charge in [0.2, 0.25) is 0 Å². The Balaban J connectivity index is 1.71. The molecule has 0 saturated carbocycles. The number of hydrogen-bond donors (Lipinski definition) is 1. The van der Waals surface area contributed by atoms with Crippen molar-refractivity contribution in [1.82, 2.24) is 9.97 Å². The van der Waals surface area contributed by atoms with E-state index in [2.05, 4.69) is 15.3 Å². The Morgan fingerprint density at radius 2 is 1.67 bits per heavy atom. The van der Waals surface area contributed by atoms with E-state index in [-0.39, 0.29) is 5.91 Å². The van der Waals surface area contributed by atoms with E-state index in [0.717, 1.165) is 17.0 Å². The van der Waals surface area contributed by atoms with Gasteiger partial charge in [0.1, 0.15) is 0 Å². The molecule has 2 aromatic carbocycles. The summed E-state index contributed by atoms with van der Waals surface area (Å²) in [5, 5.41) is 2.74. The molecule has 0 fully saturated rings. The summed E-state index contributed by atoms with van der Waals surface area (Å²) in [6.07, 6.45) is -0.931. The van der Waals surface area contributed by atoms with Crippen LogP contribution in [-0.4, -0.2) is 27.9 Å². The van der Waals surface area contributed by atoms with Crippen LogP contribution in [0, 0.1) is 20.8 Å². The minimum absolute atomic E-state index is 0.329. The van der Waals surface area contributed by atoms with Crippen molar-refractivity contribution in [3.8, 4) is 0 Å². The summed E-state index contributed by atoms with van der Waals surface area (Å²) in [6, 6.07) is 12.4. The molecular weight excluding hydrogens is 342 g/mol. The summed E-state index contributed by atoms with van der Waals surface area (Å²) < 4.78 is 5.30. The highest BCUT2D eigenvalue weighted by molar-refractivity contribution is 5.98. The fraction of sp³-hybridized carbons (Fsp3) is 0.238. The number of fused-ring (bicyclic) bond motifs is 1. The number of aryl methyl sites for hydroxylation is 3. The molecule has 1 N–H and O–H groups in total. The van der Waals surface area contributed by atoms with Crippen LogP contribution in [0.4, 0.5) is 5.69 Å². The van der Waals surface area contributed by atoms with E-state index >= 15 is 0 Å². The lowest BCUT2D eigenvalue weighted by atomic mass is 10.2. The standard InChI is InChI=1S/C21H21N3O3/c1-12-6-5-7-17(10-12)24-20(25)15(4)27-21(26)16-8-9-18-19(11-16)23-14(3)13(2)22-18/h5-11,15H,1-4H3,(H,24,25)/t15-/m1/s1. The largest absolute Gasteiger partial charge is 0.449 e. The van der Waals surface area contributed by atoms with Crippen LogP contribution in [0.2, 0.25) is 0 Å². The number of anilines is 1. The van der Waals surface area contributed by atoms with Crippen molar-refractivity contribution in [2.24, 2.45) is 0 Å². The zero-order valence-electron chi connectivity index (χ0n) is 15.7. The number of hydrogen-bond acceptors (Lipinski definition) is 5. The first-order valence-corrected chi connectivity index (χ1v) is 8.67. The summed E-state index contributed by atoms with van der Waals surface area (Å²) in [5.41, 5.74) is 4.99. The molecule has 0 saturated heterocycles. The van der Waals surface area contributed by atoms with Crippen LogP contribution in [0.15, 0.2) is 42.5 Å². The third-order valence-electron chi connectivity index (χ3n) is 4.25. The molecule has 0 unspecified atom stereocenters. The van der Waals surface area contributed by atoms with Crippen molar-refractivity contribution in [3.63, 3.8) is 0 Å². The Morgan fingerprint density at radius 3 is 2.37 bits per heavy atom. The summed E-state index contributed by atoms with van der Waals surface area (Å²) in [4.78, 5) is 33.6. The lowest BCUT2D eigenvalue weighted by Crippen LogP contribution is -2.30. The maximum Gasteiger partial charge on any atom is 0.338 e. The van der Waals surface area contributed by atoms with Crippen molar-refractivity contribution in [1.29, 1.82) is 0 Å². The van der Waals surface area contributed by atoms with Gasteiger partial charge in [0.25, 0.3) is 5.91 Å². The molecule has 0 bridgehead atoms. The van der Waals surface area contributed by atoms with Gasteiger partial charge < -0.3 is 10.1 Å². The van der Waals surface area contributed by atoms with Gasteiger partial charge in [0, 0.05) is 5.69 Å². The first-order chi connectivity index (χ1) is 12.8. The topological polar surface area (TPSA) is 81.2 Å². The Hall–Kier alpha value is -3.28. The molecule has 0 spiro atoms. The average Bonchev–Trinajstić information content (AvgIpc) is 2.62. The van der Waals surface area contributed by atoms with E-state index in [1.165, 1.54) is 6.92 Å². The van der Waals surface area contributed by atoms with Crippen LogP contribution < -0.4 is 5.32 Å². The highest BCUT2D eigenvalue weighted by Gasteiger charge is 2.19. The van der Waals surface area contributed by atoms with E-state index in [9.17, 15) is 9.59 Å². The molecule has 6 nitrogen and oxygen atoms in total. The van der Waals surface area contributed by atoms with Crippen molar-refractivity contribution >= 4 is 28.6 Å². The Bertz CT molecular complexity index is 1030. The third kappa shape index (κ3) is 4.28. The van der Waals surface area contributed by atoms with Gasteiger partial charge in [-0.15, -0.1) is 0 Å². The maximum absolute atomic E-state index is 12.4. The lowest BCUT2D eigenvalue weighted by molar-refractivity contribution is -0.123. The monoisotopic (exact) mass is 363 g/mol. The lowest BCUT2D eigenvalue weighted by Gasteiger charge is -2.14. The number of aromatic nitrogens is 2. The SMILES string of the molecule is Cc1cccc(NC(=O)[C@@H](C)OC(=O)c2ccc3nc(C)c(C)nc3c2)c1. The number of amides is 1. The van der Waals surface area contributed by atoms with Gasteiger partial charge in [-0.25, -0.2) is 14.8 Å². The fourth-order valence-electron chi connectivity index (χ4n) is 2.61. The molecule has 0 aliphatic carbocycles. The van der Waals surface area contributed by atoms with Gasteiger partial charge in [-0.1, -0.05) is 12.1 Å². The molecule has 138 valence electrons. The molecule has 1 amide bonds. The van der Waals surface area contributed by atoms with E-state index in [1.807, 2.05) is 39.0 Å².